The first-order valence-corrected chi connectivity index (χ1v) is 3.76. The third-order valence-electron chi connectivity index (χ3n) is 1.65. The summed E-state index contributed by atoms with van der Waals surface area (Å²) in [6.45, 7) is 0. The molecule has 0 aromatic carbocycles. The molecular formula is C9H6N4. The molecule has 0 saturated carbocycles. The van der Waals surface area contributed by atoms with Gasteiger partial charge in [0.25, 0.3) is 0 Å². The Morgan fingerprint density at radius 3 is 3.00 bits per heavy atom. The number of nitriles is 1. The average molecular weight is 170 g/mol. The van der Waals surface area contributed by atoms with Gasteiger partial charge in [-0.25, -0.2) is 9.97 Å². The van der Waals surface area contributed by atoms with Gasteiger partial charge in [-0.2, -0.15) is 5.26 Å². The molecule has 2 heterocycles. The van der Waals surface area contributed by atoms with Gasteiger partial charge in [0, 0.05) is 24.2 Å². The molecule has 0 fully saturated rings. The summed E-state index contributed by atoms with van der Waals surface area (Å²) in [5, 5.41) is 8.58. The van der Waals surface area contributed by atoms with Gasteiger partial charge in [0.05, 0.1) is 5.69 Å². The zero-order valence-electron chi connectivity index (χ0n) is 6.73. The van der Waals surface area contributed by atoms with Gasteiger partial charge in [-0.1, -0.05) is 0 Å². The molecule has 0 atom stereocenters. The molecule has 4 heteroatoms. The highest BCUT2D eigenvalue weighted by atomic mass is 14.9. The minimum absolute atomic E-state index is 0.193. The summed E-state index contributed by atoms with van der Waals surface area (Å²) in [6, 6.07) is 5.56. The second-order valence-electron chi connectivity index (χ2n) is 2.48. The summed E-state index contributed by atoms with van der Waals surface area (Å²) in [5.41, 5.74) is 1.71. The van der Waals surface area contributed by atoms with Gasteiger partial charge >= 0.3 is 0 Å². The quantitative estimate of drug-likeness (QED) is 0.702. The highest BCUT2D eigenvalue weighted by Crippen LogP contribution is 2.14. The normalized spacial score (nSPS) is 9.46. The van der Waals surface area contributed by atoms with E-state index in [9.17, 15) is 0 Å². The van der Waals surface area contributed by atoms with Crippen molar-refractivity contribution in [1.82, 2.24) is 15.0 Å². The molecule has 0 aliphatic rings. The SMILES string of the molecule is N#Cc1nccc(-c2cc[nH]c2)n1. The number of nitrogens with one attached hydrogen (secondary N) is 1. The monoisotopic (exact) mass is 170 g/mol. The number of nitrogens with zero attached hydrogens (tertiary/aromatic N) is 3. The van der Waals surface area contributed by atoms with E-state index in [1.807, 2.05) is 24.5 Å². The van der Waals surface area contributed by atoms with Crippen molar-refractivity contribution >= 4 is 0 Å². The predicted molar refractivity (Wildman–Crippen MR) is 46.5 cm³/mol. The van der Waals surface area contributed by atoms with Gasteiger partial charge in [0.1, 0.15) is 6.07 Å². The van der Waals surface area contributed by atoms with Crippen molar-refractivity contribution < 1.29 is 0 Å². The van der Waals surface area contributed by atoms with Crippen LogP contribution < -0.4 is 0 Å². The van der Waals surface area contributed by atoms with E-state index < -0.39 is 0 Å². The molecule has 2 rings (SSSR count). The molecule has 1 N–H and O–H groups in total. The van der Waals surface area contributed by atoms with Crippen molar-refractivity contribution in [2.24, 2.45) is 0 Å². The fraction of sp³-hybridized carbons (Fsp3) is 0. The van der Waals surface area contributed by atoms with Crippen LogP contribution in [0.15, 0.2) is 30.7 Å². The van der Waals surface area contributed by atoms with Crippen LogP contribution >= 0.6 is 0 Å². The third-order valence-corrected chi connectivity index (χ3v) is 1.65. The van der Waals surface area contributed by atoms with Gasteiger partial charge in [0.2, 0.25) is 5.82 Å². The van der Waals surface area contributed by atoms with Crippen molar-refractivity contribution in [1.29, 1.82) is 5.26 Å². The van der Waals surface area contributed by atoms with Gasteiger partial charge in [-0.3, -0.25) is 0 Å². The Morgan fingerprint density at radius 1 is 1.38 bits per heavy atom. The molecule has 0 spiro atoms. The van der Waals surface area contributed by atoms with Crippen LogP contribution in [0.1, 0.15) is 5.82 Å². The van der Waals surface area contributed by atoms with Crippen LogP contribution in [0.4, 0.5) is 0 Å². The lowest BCUT2D eigenvalue weighted by molar-refractivity contribution is 1.12. The Kier molecular flexibility index (Phi) is 1.77. The molecule has 62 valence electrons. The summed E-state index contributed by atoms with van der Waals surface area (Å²) in [4.78, 5) is 10.7. The Balaban J connectivity index is 2.49. The van der Waals surface area contributed by atoms with Crippen molar-refractivity contribution in [2.45, 2.75) is 0 Å². The number of hydrogen-bond acceptors (Lipinski definition) is 3. The second-order valence-corrected chi connectivity index (χ2v) is 2.48. The van der Waals surface area contributed by atoms with Crippen LogP contribution in [0.3, 0.4) is 0 Å². The Bertz CT molecular complexity index is 439. The molecule has 0 radical (unpaired) electrons. The molecule has 0 unspecified atom stereocenters. The molecule has 0 bridgehead atoms. The van der Waals surface area contributed by atoms with E-state index in [4.69, 9.17) is 5.26 Å². The van der Waals surface area contributed by atoms with Crippen LogP contribution in [-0.4, -0.2) is 15.0 Å². The summed E-state index contributed by atoms with van der Waals surface area (Å²) in [6.07, 6.45) is 5.21. The zero-order valence-corrected chi connectivity index (χ0v) is 6.73. The maximum absolute atomic E-state index is 8.58. The van der Waals surface area contributed by atoms with Crippen LogP contribution in [0.2, 0.25) is 0 Å². The summed E-state index contributed by atoms with van der Waals surface area (Å²) in [5.74, 6) is 0.193. The molecule has 0 amide bonds. The fourth-order valence-corrected chi connectivity index (χ4v) is 1.06. The minimum atomic E-state index is 0.193. The fourth-order valence-electron chi connectivity index (χ4n) is 1.06. The lowest BCUT2D eigenvalue weighted by atomic mass is 10.2. The Labute approximate surface area is 74.9 Å². The number of aromatic amines is 1. The molecule has 0 saturated heterocycles. The summed E-state index contributed by atoms with van der Waals surface area (Å²) >= 11 is 0. The van der Waals surface area contributed by atoms with E-state index >= 15 is 0 Å². The van der Waals surface area contributed by atoms with Crippen molar-refractivity contribution in [2.75, 3.05) is 0 Å². The van der Waals surface area contributed by atoms with Crippen molar-refractivity contribution in [3.63, 3.8) is 0 Å². The van der Waals surface area contributed by atoms with E-state index in [-0.39, 0.29) is 5.82 Å². The number of hydrogen-bond donors (Lipinski definition) is 1. The molecule has 2 aromatic heterocycles. The summed E-state index contributed by atoms with van der Waals surface area (Å²) in [7, 11) is 0. The van der Waals surface area contributed by atoms with Crippen LogP contribution in [0.5, 0.6) is 0 Å². The maximum atomic E-state index is 8.58. The maximum Gasteiger partial charge on any atom is 0.232 e. The smallest absolute Gasteiger partial charge is 0.232 e. The Hall–Kier alpha value is -2.15. The lowest BCUT2D eigenvalue weighted by Gasteiger charge is -1.94. The number of rotatable bonds is 1. The summed E-state index contributed by atoms with van der Waals surface area (Å²) < 4.78 is 0. The molecule has 0 aliphatic heterocycles. The number of H-pyrrole nitrogens is 1. The van der Waals surface area contributed by atoms with E-state index in [1.54, 1.807) is 12.3 Å². The largest absolute Gasteiger partial charge is 0.367 e. The third kappa shape index (κ3) is 1.40. The average Bonchev–Trinajstić information content (AvgIpc) is 2.71. The first-order chi connectivity index (χ1) is 6.40. The highest BCUT2D eigenvalue weighted by Gasteiger charge is 2.00. The first kappa shape index (κ1) is 7.50. The topological polar surface area (TPSA) is 65.4 Å². The highest BCUT2D eigenvalue weighted by molar-refractivity contribution is 5.57. The second kappa shape index (κ2) is 3.07. The van der Waals surface area contributed by atoms with E-state index in [0.29, 0.717) is 0 Å². The molecule has 13 heavy (non-hydrogen) atoms. The Morgan fingerprint density at radius 2 is 2.31 bits per heavy atom. The zero-order chi connectivity index (χ0) is 9.10. The van der Waals surface area contributed by atoms with E-state index in [1.165, 1.54) is 0 Å². The van der Waals surface area contributed by atoms with Gasteiger partial charge in [-0.05, 0) is 12.1 Å². The van der Waals surface area contributed by atoms with Crippen LogP contribution in [0, 0.1) is 11.3 Å². The lowest BCUT2D eigenvalue weighted by Crippen LogP contribution is -1.89. The standard InChI is InChI=1S/C9H6N4/c10-5-9-12-4-2-8(13-9)7-1-3-11-6-7/h1-4,6,11H. The van der Waals surface area contributed by atoms with Gasteiger partial charge in [-0.15, -0.1) is 0 Å². The van der Waals surface area contributed by atoms with E-state index in [2.05, 4.69) is 15.0 Å². The minimum Gasteiger partial charge on any atom is -0.367 e. The van der Waals surface area contributed by atoms with E-state index in [0.717, 1.165) is 11.3 Å². The molecule has 2 aromatic rings. The van der Waals surface area contributed by atoms with Gasteiger partial charge in [0.15, 0.2) is 0 Å². The molecular weight excluding hydrogens is 164 g/mol. The van der Waals surface area contributed by atoms with Crippen LogP contribution in [0.25, 0.3) is 11.3 Å². The molecule has 0 aliphatic carbocycles. The molecule has 4 nitrogen and oxygen atoms in total. The predicted octanol–water partition coefficient (Wildman–Crippen LogP) is 1.34. The van der Waals surface area contributed by atoms with Crippen LogP contribution in [-0.2, 0) is 0 Å². The van der Waals surface area contributed by atoms with Crippen molar-refractivity contribution in [3.05, 3.63) is 36.5 Å². The van der Waals surface area contributed by atoms with Crippen molar-refractivity contribution in [3.8, 4) is 17.3 Å². The number of aromatic nitrogens is 3. The first-order valence-electron chi connectivity index (χ1n) is 3.76. The van der Waals surface area contributed by atoms with Gasteiger partial charge < -0.3 is 4.98 Å².